The standard InChI is InChI=1S/C29H37N7O3/c1-35-23-13-6-5-12-21(23)19-25(35)28(39)33-22(18-20-10-3-2-4-11-20)26(37)34-27(38)24-14-9-17-36(24)16-8-7-15-32-29(30)31/h2-6,10-13,19,22,24H,7-9,14-18H2,1H3,(H,33,39)(H4,30,31,32)(H,34,37,38)/t22-,24+/m1/s1. The summed E-state index contributed by atoms with van der Waals surface area (Å²) >= 11 is 0. The van der Waals surface area contributed by atoms with Crippen LogP contribution in [-0.2, 0) is 23.1 Å². The van der Waals surface area contributed by atoms with E-state index in [1.54, 1.807) is 10.6 Å². The van der Waals surface area contributed by atoms with Gasteiger partial charge in [0.15, 0.2) is 5.96 Å². The topological polar surface area (TPSA) is 148 Å². The Kier molecular flexibility index (Phi) is 9.32. The minimum atomic E-state index is -0.920. The molecule has 2 heterocycles. The summed E-state index contributed by atoms with van der Waals surface area (Å²) in [4.78, 5) is 46.0. The van der Waals surface area contributed by atoms with E-state index < -0.39 is 11.9 Å². The van der Waals surface area contributed by atoms with Crippen LogP contribution in [0.2, 0.25) is 0 Å². The second-order valence-electron chi connectivity index (χ2n) is 9.92. The van der Waals surface area contributed by atoms with Crippen molar-refractivity contribution in [2.75, 3.05) is 19.6 Å². The number of aliphatic imine (C=N–C) groups is 1. The molecule has 1 aliphatic heterocycles. The van der Waals surface area contributed by atoms with Gasteiger partial charge in [-0.15, -0.1) is 0 Å². The zero-order chi connectivity index (χ0) is 27.8. The highest BCUT2D eigenvalue weighted by molar-refractivity contribution is 6.04. The van der Waals surface area contributed by atoms with Gasteiger partial charge in [0.1, 0.15) is 11.7 Å². The molecule has 1 fully saturated rings. The number of unbranched alkanes of at least 4 members (excludes halogenated alkanes) is 1. The molecule has 0 radical (unpaired) electrons. The Morgan fingerprint density at radius 1 is 1.05 bits per heavy atom. The van der Waals surface area contributed by atoms with Gasteiger partial charge in [-0.3, -0.25) is 29.6 Å². The number of para-hydroxylation sites is 1. The number of guanidine groups is 1. The fourth-order valence-corrected chi connectivity index (χ4v) is 5.12. The number of aryl methyl sites for hydroxylation is 1. The molecule has 2 atom stereocenters. The van der Waals surface area contributed by atoms with Crippen LogP contribution < -0.4 is 22.1 Å². The van der Waals surface area contributed by atoms with Gasteiger partial charge in [-0.2, -0.15) is 0 Å². The summed E-state index contributed by atoms with van der Waals surface area (Å²) in [7, 11) is 1.82. The molecule has 3 aromatic rings. The number of nitrogens with two attached hydrogens (primary N) is 2. The van der Waals surface area contributed by atoms with Crippen molar-refractivity contribution in [3.8, 4) is 0 Å². The van der Waals surface area contributed by atoms with E-state index in [2.05, 4.69) is 20.5 Å². The molecule has 2 aromatic carbocycles. The van der Waals surface area contributed by atoms with Crippen LogP contribution in [0.5, 0.6) is 0 Å². The average molecular weight is 532 g/mol. The van der Waals surface area contributed by atoms with Crippen LogP contribution in [0.1, 0.15) is 41.7 Å². The van der Waals surface area contributed by atoms with E-state index in [0.717, 1.165) is 48.8 Å². The maximum absolute atomic E-state index is 13.4. The summed E-state index contributed by atoms with van der Waals surface area (Å²) in [5.74, 6) is -1.15. The molecule has 206 valence electrons. The van der Waals surface area contributed by atoms with E-state index in [4.69, 9.17) is 11.5 Å². The first kappa shape index (κ1) is 27.8. The fraction of sp³-hybridized carbons (Fsp3) is 0.379. The first-order valence-corrected chi connectivity index (χ1v) is 13.4. The van der Waals surface area contributed by atoms with Crippen LogP contribution in [0, 0.1) is 0 Å². The summed E-state index contributed by atoms with van der Waals surface area (Å²) in [6.07, 6.45) is 3.46. The van der Waals surface area contributed by atoms with Crippen molar-refractivity contribution >= 4 is 34.6 Å². The number of amides is 3. The normalized spacial score (nSPS) is 16.1. The minimum absolute atomic E-state index is 0.0736. The number of nitrogens with zero attached hydrogens (tertiary/aromatic N) is 3. The van der Waals surface area contributed by atoms with Crippen LogP contribution in [-0.4, -0.2) is 64.9 Å². The number of rotatable bonds is 11. The lowest BCUT2D eigenvalue weighted by molar-refractivity contribution is -0.134. The van der Waals surface area contributed by atoms with Crippen LogP contribution >= 0.6 is 0 Å². The van der Waals surface area contributed by atoms with Crippen LogP contribution in [0.15, 0.2) is 65.7 Å². The number of likely N-dealkylation sites (tertiary alicyclic amines) is 1. The largest absolute Gasteiger partial charge is 0.370 e. The summed E-state index contributed by atoms with van der Waals surface area (Å²) in [6, 6.07) is 17.6. The average Bonchev–Trinajstić information content (AvgIpc) is 3.53. The maximum atomic E-state index is 13.4. The molecule has 39 heavy (non-hydrogen) atoms. The molecule has 1 saturated heterocycles. The Bertz CT molecular complexity index is 1330. The van der Waals surface area contributed by atoms with Crippen molar-refractivity contribution in [2.45, 2.75) is 44.2 Å². The SMILES string of the molecule is Cn1c(C(=O)N[C@H](Cc2ccccc2)C(=O)NC(=O)[C@@H]2CCCN2CCCCN=C(N)N)cc2ccccc21. The van der Waals surface area contributed by atoms with Crippen molar-refractivity contribution in [2.24, 2.45) is 23.5 Å². The predicted octanol–water partition coefficient (Wildman–Crippen LogP) is 1.68. The molecule has 0 spiro atoms. The molecule has 10 heteroatoms. The number of carbonyl (C=O) groups excluding carboxylic acids is 3. The van der Waals surface area contributed by atoms with E-state index in [0.29, 0.717) is 18.7 Å². The van der Waals surface area contributed by atoms with Gasteiger partial charge in [0, 0.05) is 30.9 Å². The lowest BCUT2D eigenvalue weighted by atomic mass is 10.0. The number of fused-ring (bicyclic) bond motifs is 1. The Morgan fingerprint density at radius 3 is 2.54 bits per heavy atom. The smallest absolute Gasteiger partial charge is 0.268 e. The summed E-state index contributed by atoms with van der Waals surface area (Å²) in [5, 5.41) is 6.40. The molecular weight excluding hydrogens is 494 g/mol. The van der Waals surface area contributed by atoms with E-state index >= 15 is 0 Å². The van der Waals surface area contributed by atoms with Gasteiger partial charge in [-0.05, 0) is 56.5 Å². The fourth-order valence-electron chi connectivity index (χ4n) is 5.12. The van der Waals surface area contributed by atoms with Crippen molar-refractivity contribution in [1.82, 2.24) is 20.1 Å². The molecule has 1 aromatic heterocycles. The van der Waals surface area contributed by atoms with Crippen molar-refractivity contribution < 1.29 is 14.4 Å². The molecule has 0 unspecified atom stereocenters. The third kappa shape index (κ3) is 7.23. The zero-order valence-corrected chi connectivity index (χ0v) is 22.3. The zero-order valence-electron chi connectivity index (χ0n) is 22.3. The van der Waals surface area contributed by atoms with Gasteiger partial charge in [-0.1, -0.05) is 48.5 Å². The van der Waals surface area contributed by atoms with Crippen molar-refractivity contribution in [3.63, 3.8) is 0 Å². The van der Waals surface area contributed by atoms with Crippen LogP contribution in [0.4, 0.5) is 0 Å². The minimum Gasteiger partial charge on any atom is -0.370 e. The van der Waals surface area contributed by atoms with E-state index in [1.165, 1.54) is 0 Å². The first-order chi connectivity index (χ1) is 18.8. The van der Waals surface area contributed by atoms with Gasteiger partial charge < -0.3 is 21.4 Å². The second-order valence-corrected chi connectivity index (χ2v) is 9.92. The quantitative estimate of drug-likeness (QED) is 0.168. The summed E-state index contributed by atoms with van der Waals surface area (Å²) in [5.41, 5.74) is 13.0. The van der Waals surface area contributed by atoms with E-state index in [1.807, 2.05) is 61.6 Å². The van der Waals surface area contributed by atoms with Gasteiger partial charge in [-0.25, -0.2) is 0 Å². The third-order valence-corrected chi connectivity index (χ3v) is 7.15. The van der Waals surface area contributed by atoms with Gasteiger partial charge in [0.05, 0.1) is 6.04 Å². The number of carbonyl (C=O) groups is 3. The number of imide groups is 1. The summed E-state index contributed by atoms with van der Waals surface area (Å²) in [6.45, 7) is 2.06. The lowest BCUT2D eigenvalue weighted by Gasteiger charge is -2.24. The maximum Gasteiger partial charge on any atom is 0.268 e. The number of nitrogens with one attached hydrogen (secondary N) is 2. The number of hydrogen-bond acceptors (Lipinski definition) is 5. The molecule has 0 aliphatic carbocycles. The second kappa shape index (κ2) is 13.1. The molecular formula is C29H37N7O3. The molecule has 3 amide bonds. The van der Waals surface area contributed by atoms with Gasteiger partial charge in [0.2, 0.25) is 11.8 Å². The van der Waals surface area contributed by atoms with Crippen molar-refractivity contribution in [3.05, 3.63) is 71.9 Å². The molecule has 0 saturated carbocycles. The number of aromatic nitrogens is 1. The Labute approximate surface area is 228 Å². The van der Waals surface area contributed by atoms with E-state index in [-0.39, 0.29) is 30.2 Å². The van der Waals surface area contributed by atoms with Crippen LogP contribution in [0.3, 0.4) is 0 Å². The molecule has 1 aliphatic rings. The van der Waals surface area contributed by atoms with E-state index in [9.17, 15) is 14.4 Å². The number of benzene rings is 2. The highest BCUT2D eigenvalue weighted by Gasteiger charge is 2.33. The Hall–Kier alpha value is -4.18. The van der Waals surface area contributed by atoms with Crippen molar-refractivity contribution in [1.29, 1.82) is 0 Å². The first-order valence-electron chi connectivity index (χ1n) is 13.4. The Balaban J connectivity index is 1.43. The lowest BCUT2D eigenvalue weighted by Crippen LogP contribution is -2.53. The highest BCUT2D eigenvalue weighted by Crippen LogP contribution is 2.20. The highest BCUT2D eigenvalue weighted by atomic mass is 16.2. The van der Waals surface area contributed by atoms with Crippen LogP contribution in [0.25, 0.3) is 10.9 Å². The molecule has 6 N–H and O–H groups in total. The summed E-state index contributed by atoms with van der Waals surface area (Å²) < 4.78 is 1.80. The van der Waals surface area contributed by atoms with Gasteiger partial charge in [0.25, 0.3) is 5.91 Å². The van der Waals surface area contributed by atoms with Gasteiger partial charge >= 0.3 is 0 Å². The third-order valence-electron chi connectivity index (χ3n) is 7.15. The Morgan fingerprint density at radius 2 is 1.79 bits per heavy atom. The molecule has 0 bridgehead atoms. The number of hydrogen-bond donors (Lipinski definition) is 4. The predicted molar refractivity (Wildman–Crippen MR) is 152 cm³/mol. The monoisotopic (exact) mass is 531 g/mol. The molecule has 4 rings (SSSR count). The molecule has 10 nitrogen and oxygen atoms in total.